The van der Waals surface area contributed by atoms with Gasteiger partial charge in [-0.3, -0.25) is 4.98 Å². The summed E-state index contributed by atoms with van der Waals surface area (Å²) in [7, 11) is 0. The first-order valence-corrected chi connectivity index (χ1v) is 6.30. The van der Waals surface area contributed by atoms with Crippen molar-refractivity contribution in [3.8, 4) is 0 Å². The highest BCUT2D eigenvalue weighted by molar-refractivity contribution is 5.13. The Bertz CT molecular complexity index is 401. The molecule has 1 heterocycles. The number of rotatable bonds is 6. The molecule has 1 aliphatic rings. The number of nitrogens with one attached hydrogen (secondary N) is 1. The predicted octanol–water partition coefficient (Wildman–Crippen LogP) is 2.80. The quantitative estimate of drug-likeness (QED) is 0.866. The van der Waals surface area contributed by atoms with Gasteiger partial charge in [-0.25, -0.2) is 0 Å². The molecule has 1 atom stereocenters. The summed E-state index contributed by atoms with van der Waals surface area (Å²) in [5.74, 6) is 0. The molecule has 0 aromatic carbocycles. The van der Waals surface area contributed by atoms with Crippen LogP contribution in [0, 0.1) is 0 Å². The second kappa shape index (κ2) is 5.88. The molecule has 0 saturated heterocycles. The van der Waals surface area contributed by atoms with Gasteiger partial charge in [0.05, 0.1) is 12.3 Å². The summed E-state index contributed by atoms with van der Waals surface area (Å²) in [5, 5.41) is 3.34. The highest BCUT2D eigenvalue weighted by Crippen LogP contribution is 2.23. The third-order valence-electron chi connectivity index (χ3n) is 3.00. The van der Waals surface area contributed by atoms with Crippen LogP contribution in [-0.2, 0) is 17.9 Å². The number of nitrogens with zero attached hydrogens (tertiary/aromatic N) is 1. The Morgan fingerprint density at radius 3 is 2.68 bits per heavy atom. The van der Waals surface area contributed by atoms with Gasteiger partial charge < -0.3 is 10.1 Å². The van der Waals surface area contributed by atoms with Crippen LogP contribution in [0.2, 0.25) is 0 Å². The maximum atomic E-state index is 12.2. The van der Waals surface area contributed by atoms with E-state index in [0.29, 0.717) is 11.7 Å². The van der Waals surface area contributed by atoms with E-state index in [2.05, 4.69) is 10.3 Å². The second-order valence-corrected chi connectivity index (χ2v) is 4.81. The topological polar surface area (TPSA) is 34.1 Å². The Labute approximate surface area is 110 Å². The standard InChI is InChI=1S/C13H17F3N2O/c1-9(13(14,15)16)19-8-12-3-2-10(7-18-12)6-17-11-4-5-11/h2-3,7,9,11,17H,4-6,8H2,1H3. The van der Waals surface area contributed by atoms with Crippen LogP contribution in [0.15, 0.2) is 18.3 Å². The molecule has 0 aliphatic heterocycles. The van der Waals surface area contributed by atoms with E-state index < -0.39 is 12.3 Å². The number of alkyl halides is 3. The van der Waals surface area contributed by atoms with E-state index in [1.165, 1.54) is 12.8 Å². The molecular weight excluding hydrogens is 257 g/mol. The minimum atomic E-state index is -4.33. The zero-order valence-corrected chi connectivity index (χ0v) is 10.7. The van der Waals surface area contributed by atoms with E-state index in [9.17, 15) is 13.2 Å². The van der Waals surface area contributed by atoms with E-state index >= 15 is 0 Å². The zero-order chi connectivity index (χ0) is 13.9. The van der Waals surface area contributed by atoms with Crippen molar-refractivity contribution >= 4 is 0 Å². The maximum Gasteiger partial charge on any atom is 0.414 e. The average Bonchev–Trinajstić information content (AvgIpc) is 3.17. The summed E-state index contributed by atoms with van der Waals surface area (Å²) in [4.78, 5) is 4.10. The van der Waals surface area contributed by atoms with Crippen LogP contribution >= 0.6 is 0 Å². The molecule has 6 heteroatoms. The fraction of sp³-hybridized carbons (Fsp3) is 0.615. The number of pyridine rings is 1. The summed E-state index contributed by atoms with van der Waals surface area (Å²) in [6.45, 7) is 1.61. The summed E-state index contributed by atoms with van der Waals surface area (Å²) in [6, 6.07) is 4.18. The van der Waals surface area contributed by atoms with Gasteiger partial charge in [-0.15, -0.1) is 0 Å². The van der Waals surface area contributed by atoms with Crippen molar-refractivity contribution in [3.63, 3.8) is 0 Å². The fourth-order valence-electron chi connectivity index (χ4n) is 1.50. The van der Waals surface area contributed by atoms with Gasteiger partial charge in [0.1, 0.15) is 0 Å². The highest BCUT2D eigenvalue weighted by atomic mass is 19.4. The molecule has 1 fully saturated rings. The first-order valence-electron chi connectivity index (χ1n) is 6.30. The van der Waals surface area contributed by atoms with Crippen LogP contribution in [0.25, 0.3) is 0 Å². The van der Waals surface area contributed by atoms with Crippen molar-refractivity contribution in [2.45, 2.75) is 51.2 Å². The summed E-state index contributed by atoms with van der Waals surface area (Å²) in [6.07, 6.45) is -1.99. The predicted molar refractivity (Wildman–Crippen MR) is 64.4 cm³/mol. The zero-order valence-electron chi connectivity index (χ0n) is 10.7. The lowest BCUT2D eigenvalue weighted by Gasteiger charge is -2.16. The molecule has 3 nitrogen and oxygen atoms in total. The average molecular weight is 274 g/mol. The van der Waals surface area contributed by atoms with Gasteiger partial charge in [-0.05, 0) is 31.4 Å². The monoisotopic (exact) mass is 274 g/mol. The van der Waals surface area contributed by atoms with Crippen LogP contribution in [0.5, 0.6) is 0 Å². The van der Waals surface area contributed by atoms with Gasteiger partial charge in [-0.1, -0.05) is 6.07 Å². The van der Waals surface area contributed by atoms with E-state index in [4.69, 9.17) is 4.74 Å². The Hall–Kier alpha value is -1.14. The first kappa shape index (κ1) is 14.3. The summed E-state index contributed by atoms with van der Waals surface area (Å²) < 4.78 is 41.5. The van der Waals surface area contributed by atoms with Crippen LogP contribution in [-0.4, -0.2) is 23.3 Å². The van der Waals surface area contributed by atoms with E-state index in [-0.39, 0.29) is 6.61 Å². The molecule has 0 bridgehead atoms. The van der Waals surface area contributed by atoms with E-state index in [1.54, 1.807) is 12.3 Å². The Balaban J connectivity index is 1.77. The number of halogens is 3. The normalized spacial score (nSPS) is 17.5. The fourth-order valence-corrected chi connectivity index (χ4v) is 1.50. The second-order valence-electron chi connectivity index (χ2n) is 4.81. The van der Waals surface area contributed by atoms with Crippen molar-refractivity contribution in [1.82, 2.24) is 10.3 Å². The highest BCUT2D eigenvalue weighted by Gasteiger charge is 2.36. The molecule has 0 amide bonds. The minimum Gasteiger partial charge on any atom is -0.363 e. The largest absolute Gasteiger partial charge is 0.414 e. The lowest BCUT2D eigenvalue weighted by Crippen LogP contribution is -2.28. The third-order valence-corrected chi connectivity index (χ3v) is 3.00. The molecule has 0 spiro atoms. The van der Waals surface area contributed by atoms with E-state index in [0.717, 1.165) is 19.0 Å². The molecule has 1 N–H and O–H groups in total. The van der Waals surface area contributed by atoms with Crippen molar-refractivity contribution < 1.29 is 17.9 Å². The van der Waals surface area contributed by atoms with Crippen molar-refractivity contribution in [2.24, 2.45) is 0 Å². The molecule has 1 aromatic rings. The lowest BCUT2D eigenvalue weighted by atomic mass is 10.2. The molecule has 106 valence electrons. The van der Waals surface area contributed by atoms with Gasteiger partial charge in [0.15, 0.2) is 6.10 Å². The van der Waals surface area contributed by atoms with Crippen LogP contribution < -0.4 is 5.32 Å². The molecule has 1 aromatic heterocycles. The van der Waals surface area contributed by atoms with Crippen molar-refractivity contribution in [3.05, 3.63) is 29.6 Å². The van der Waals surface area contributed by atoms with Crippen LogP contribution in [0.3, 0.4) is 0 Å². The Morgan fingerprint density at radius 2 is 2.16 bits per heavy atom. The van der Waals surface area contributed by atoms with Gasteiger partial charge in [0.25, 0.3) is 0 Å². The summed E-state index contributed by atoms with van der Waals surface area (Å²) >= 11 is 0. The molecular formula is C13H17F3N2O. The first-order chi connectivity index (χ1) is 8.95. The molecule has 1 saturated carbocycles. The van der Waals surface area contributed by atoms with Crippen LogP contribution in [0.1, 0.15) is 31.0 Å². The Morgan fingerprint density at radius 1 is 1.42 bits per heavy atom. The van der Waals surface area contributed by atoms with Crippen LogP contribution in [0.4, 0.5) is 13.2 Å². The number of hydrogen-bond donors (Lipinski definition) is 1. The summed E-state index contributed by atoms with van der Waals surface area (Å²) in [5.41, 5.74) is 1.53. The smallest absolute Gasteiger partial charge is 0.363 e. The molecule has 1 unspecified atom stereocenters. The Kier molecular flexibility index (Phi) is 4.42. The van der Waals surface area contributed by atoms with Gasteiger partial charge in [-0.2, -0.15) is 13.2 Å². The SMILES string of the molecule is CC(OCc1ccc(CNC2CC2)cn1)C(F)(F)F. The number of aromatic nitrogens is 1. The molecule has 2 rings (SSSR count). The number of ether oxygens (including phenoxy) is 1. The van der Waals surface area contributed by atoms with Crippen molar-refractivity contribution in [1.29, 1.82) is 0 Å². The number of hydrogen-bond acceptors (Lipinski definition) is 3. The van der Waals surface area contributed by atoms with Crippen molar-refractivity contribution in [2.75, 3.05) is 0 Å². The lowest BCUT2D eigenvalue weighted by molar-refractivity contribution is -0.217. The molecule has 19 heavy (non-hydrogen) atoms. The maximum absolute atomic E-state index is 12.2. The molecule has 1 aliphatic carbocycles. The minimum absolute atomic E-state index is 0.128. The van der Waals surface area contributed by atoms with Gasteiger partial charge in [0, 0.05) is 18.8 Å². The third kappa shape index (κ3) is 4.80. The van der Waals surface area contributed by atoms with E-state index in [1.807, 2.05) is 6.07 Å². The van der Waals surface area contributed by atoms with Gasteiger partial charge in [0.2, 0.25) is 0 Å². The molecule has 0 radical (unpaired) electrons. The van der Waals surface area contributed by atoms with Gasteiger partial charge >= 0.3 is 6.18 Å².